The Morgan fingerprint density at radius 3 is 2.60 bits per heavy atom. The molecule has 0 fully saturated rings. The number of carbonyl (C=O) groups is 2. The normalized spacial score (nSPS) is 11.0. The highest BCUT2D eigenvalue weighted by molar-refractivity contribution is 6.32. The summed E-state index contributed by atoms with van der Waals surface area (Å²) in [4.78, 5) is 23.6. The first-order valence-corrected chi connectivity index (χ1v) is 9.20. The maximum Gasteiger partial charge on any atom is 0.336 e. The molecule has 1 aromatic heterocycles. The summed E-state index contributed by atoms with van der Waals surface area (Å²) in [6.45, 7) is -0.221. The molecule has 2 aromatic carbocycles. The monoisotopic (exact) mass is 424 g/mol. The zero-order valence-electron chi connectivity index (χ0n) is 15.7. The van der Waals surface area contributed by atoms with Gasteiger partial charge in [0.1, 0.15) is 17.3 Å². The molecular formula is C22H17ClN2O5. The third-order valence-electron chi connectivity index (χ3n) is 3.62. The molecule has 0 spiro atoms. The second kappa shape index (κ2) is 10.6. The van der Waals surface area contributed by atoms with Gasteiger partial charge in [-0.2, -0.15) is 5.10 Å². The summed E-state index contributed by atoms with van der Waals surface area (Å²) < 4.78 is 15.6. The van der Waals surface area contributed by atoms with E-state index in [1.165, 1.54) is 24.6 Å². The minimum absolute atomic E-state index is 0.221. The molecular weight excluding hydrogens is 408 g/mol. The van der Waals surface area contributed by atoms with Gasteiger partial charge in [-0.1, -0.05) is 23.7 Å². The zero-order chi connectivity index (χ0) is 21.2. The van der Waals surface area contributed by atoms with E-state index in [1.807, 2.05) is 0 Å². The van der Waals surface area contributed by atoms with E-state index < -0.39 is 11.9 Å². The van der Waals surface area contributed by atoms with Crippen LogP contribution in [0.4, 0.5) is 0 Å². The van der Waals surface area contributed by atoms with Crippen molar-refractivity contribution in [2.75, 3.05) is 6.61 Å². The molecule has 3 rings (SSSR count). The molecule has 0 atom stereocenters. The lowest BCUT2D eigenvalue weighted by Gasteiger charge is -2.06. The number of nitrogens with one attached hydrogen (secondary N) is 1. The number of benzene rings is 2. The average molecular weight is 425 g/mol. The lowest BCUT2D eigenvalue weighted by atomic mass is 10.2. The maximum absolute atomic E-state index is 11.8. The van der Waals surface area contributed by atoms with Crippen LogP contribution in [0.5, 0.6) is 11.5 Å². The standard InChI is InChI=1S/C22H17ClN2O5/c23-19-5-1-2-6-20(19)29-15-21(26)25-24-14-16-7-9-18(10-8-16)30-22(27)12-11-17-4-3-13-28-17/h1-14H,15H2,(H,25,26)/b12-11+,24-14+. The summed E-state index contributed by atoms with van der Waals surface area (Å²) >= 11 is 5.95. The van der Waals surface area contributed by atoms with Crippen molar-refractivity contribution in [1.29, 1.82) is 0 Å². The van der Waals surface area contributed by atoms with Crippen LogP contribution >= 0.6 is 11.6 Å². The molecule has 0 aliphatic rings. The van der Waals surface area contributed by atoms with Crippen LogP contribution in [-0.2, 0) is 9.59 Å². The van der Waals surface area contributed by atoms with Crippen molar-refractivity contribution in [3.05, 3.63) is 89.3 Å². The van der Waals surface area contributed by atoms with E-state index in [1.54, 1.807) is 60.7 Å². The Balaban J connectivity index is 1.43. The summed E-state index contributed by atoms with van der Waals surface area (Å²) in [7, 11) is 0. The van der Waals surface area contributed by atoms with Gasteiger partial charge in [0.05, 0.1) is 17.5 Å². The highest BCUT2D eigenvalue weighted by Crippen LogP contribution is 2.22. The zero-order valence-corrected chi connectivity index (χ0v) is 16.4. The van der Waals surface area contributed by atoms with Crippen LogP contribution in [0, 0.1) is 0 Å². The summed E-state index contributed by atoms with van der Waals surface area (Å²) in [6, 6.07) is 16.9. The average Bonchev–Trinajstić information content (AvgIpc) is 3.27. The molecule has 0 bridgehead atoms. The first-order chi connectivity index (χ1) is 14.6. The second-order valence-electron chi connectivity index (χ2n) is 5.85. The quantitative estimate of drug-likeness (QED) is 0.193. The minimum atomic E-state index is -0.529. The summed E-state index contributed by atoms with van der Waals surface area (Å²) in [5, 5.41) is 4.28. The Bertz CT molecular complexity index is 1040. The van der Waals surface area contributed by atoms with Crippen molar-refractivity contribution < 1.29 is 23.5 Å². The number of halogens is 1. The molecule has 3 aromatic rings. The number of amides is 1. The Morgan fingerprint density at radius 2 is 1.87 bits per heavy atom. The van der Waals surface area contributed by atoms with E-state index in [0.29, 0.717) is 27.8 Å². The first-order valence-electron chi connectivity index (χ1n) is 8.83. The summed E-state index contributed by atoms with van der Waals surface area (Å²) in [5.41, 5.74) is 3.06. The van der Waals surface area contributed by atoms with Crippen molar-refractivity contribution >= 4 is 35.8 Å². The maximum atomic E-state index is 11.8. The molecule has 1 amide bonds. The van der Waals surface area contributed by atoms with Crippen molar-refractivity contribution in [2.24, 2.45) is 5.10 Å². The Hall–Kier alpha value is -3.84. The van der Waals surface area contributed by atoms with Crippen LogP contribution in [-0.4, -0.2) is 24.7 Å². The second-order valence-corrected chi connectivity index (χ2v) is 6.26. The highest BCUT2D eigenvalue weighted by Gasteiger charge is 2.04. The van der Waals surface area contributed by atoms with Crippen LogP contribution in [0.2, 0.25) is 5.02 Å². The van der Waals surface area contributed by atoms with Gasteiger partial charge in [0.25, 0.3) is 5.91 Å². The largest absolute Gasteiger partial charge is 0.482 e. The van der Waals surface area contributed by atoms with Gasteiger partial charge in [0.15, 0.2) is 6.61 Å². The van der Waals surface area contributed by atoms with Crippen LogP contribution in [0.25, 0.3) is 6.08 Å². The molecule has 0 unspecified atom stereocenters. The third kappa shape index (κ3) is 6.65. The smallest absolute Gasteiger partial charge is 0.336 e. The van der Waals surface area contributed by atoms with Crippen molar-refractivity contribution in [3.8, 4) is 11.5 Å². The topological polar surface area (TPSA) is 90.1 Å². The number of para-hydroxylation sites is 1. The lowest BCUT2D eigenvalue weighted by Crippen LogP contribution is -2.24. The van der Waals surface area contributed by atoms with Gasteiger partial charge in [-0.25, -0.2) is 10.2 Å². The minimum Gasteiger partial charge on any atom is -0.482 e. The predicted octanol–water partition coefficient (Wildman–Crippen LogP) is 4.08. The van der Waals surface area contributed by atoms with E-state index in [9.17, 15) is 9.59 Å². The van der Waals surface area contributed by atoms with Crippen LogP contribution < -0.4 is 14.9 Å². The molecule has 30 heavy (non-hydrogen) atoms. The van der Waals surface area contributed by atoms with E-state index >= 15 is 0 Å². The SMILES string of the molecule is O=C(COc1ccccc1Cl)N/N=C/c1ccc(OC(=O)/C=C/c2ccco2)cc1. The molecule has 8 heteroatoms. The Kier molecular flexibility index (Phi) is 7.40. The number of nitrogens with zero attached hydrogens (tertiary/aromatic N) is 1. The van der Waals surface area contributed by atoms with Crippen LogP contribution in [0.3, 0.4) is 0 Å². The van der Waals surface area contributed by atoms with Gasteiger partial charge in [0, 0.05) is 6.08 Å². The van der Waals surface area contributed by atoms with Crippen LogP contribution in [0.1, 0.15) is 11.3 Å². The van der Waals surface area contributed by atoms with Gasteiger partial charge in [-0.05, 0) is 60.2 Å². The Morgan fingerprint density at radius 1 is 1.07 bits per heavy atom. The van der Waals surface area contributed by atoms with Crippen molar-refractivity contribution in [3.63, 3.8) is 0 Å². The fourth-order valence-corrected chi connectivity index (χ4v) is 2.41. The number of carbonyl (C=O) groups excluding carboxylic acids is 2. The molecule has 7 nitrogen and oxygen atoms in total. The molecule has 0 radical (unpaired) electrons. The van der Waals surface area contributed by atoms with E-state index in [4.69, 9.17) is 25.5 Å². The highest BCUT2D eigenvalue weighted by atomic mass is 35.5. The summed E-state index contributed by atoms with van der Waals surface area (Å²) in [6.07, 6.45) is 5.76. The number of hydrogen-bond acceptors (Lipinski definition) is 6. The molecule has 0 aliphatic heterocycles. The van der Waals surface area contributed by atoms with Gasteiger partial charge in [-0.3, -0.25) is 4.79 Å². The van der Waals surface area contributed by atoms with Gasteiger partial charge in [-0.15, -0.1) is 0 Å². The van der Waals surface area contributed by atoms with E-state index in [-0.39, 0.29) is 6.61 Å². The fraction of sp³-hybridized carbons (Fsp3) is 0.0455. The van der Waals surface area contributed by atoms with Crippen LogP contribution in [0.15, 0.2) is 82.5 Å². The molecule has 0 saturated heterocycles. The lowest BCUT2D eigenvalue weighted by molar-refractivity contribution is -0.129. The number of hydrazone groups is 1. The molecule has 152 valence electrons. The fourth-order valence-electron chi connectivity index (χ4n) is 2.22. The van der Waals surface area contributed by atoms with Crippen molar-refractivity contribution in [1.82, 2.24) is 5.43 Å². The molecule has 0 saturated carbocycles. The predicted molar refractivity (Wildman–Crippen MR) is 113 cm³/mol. The number of hydrogen-bond donors (Lipinski definition) is 1. The number of ether oxygens (including phenoxy) is 2. The Labute approximate surface area is 177 Å². The molecule has 0 aliphatic carbocycles. The van der Waals surface area contributed by atoms with E-state index in [0.717, 1.165) is 0 Å². The summed E-state index contributed by atoms with van der Waals surface area (Å²) in [5.74, 6) is 0.386. The number of rotatable bonds is 8. The number of esters is 1. The van der Waals surface area contributed by atoms with Gasteiger partial charge in [0.2, 0.25) is 0 Å². The number of furan rings is 1. The van der Waals surface area contributed by atoms with Gasteiger partial charge >= 0.3 is 5.97 Å². The van der Waals surface area contributed by atoms with E-state index in [2.05, 4.69) is 10.5 Å². The van der Waals surface area contributed by atoms with Gasteiger partial charge < -0.3 is 13.9 Å². The first kappa shape index (κ1) is 20.9. The molecule has 1 heterocycles. The molecule has 1 N–H and O–H groups in total. The van der Waals surface area contributed by atoms with Crippen molar-refractivity contribution in [2.45, 2.75) is 0 Å². The third-order valence-corrected chi connectivity index (χ3v) is 3.94.